The van der Waals surface area contributed by atoms with Gasteiger partial charge in [0.25, 0.3) is 0 Å². The Labute approximate surface area is 233 Å². The van der Waals surface area contributed by atoms with Crippen LogP contribution >= 0.6 is 0 Å². The van der Waals surface area contributed by atoms with E-state index in [1.54, 1.807) is 25.6 Å². The van der Waals surface area contributed by atoms with Crippen molar-refractivity contribution in [1.82, 2.24) is 31.1 Å². The number of aromatic nitrogens is 3. The van der Waals surface area contributed by atoms with Crippen molar-refractivity contribution in [3.63, 3.8) is 0 Å². The van der Waals surface area contributed by atoms with Crippen LogP contribution in [0.15, 0.2) is 36.7 Å². The molecule has 0 bridgehead atoms. The van der Waals surface area contributed by atoms with Gasteiger partial charge < -0.3 is 20.4 Å². The van der Waals surface area contributed by atoms with E-state index in [9.17, 15) is 19.6 Å². The Bertz CT molecular complexity index is 1360. The summed E-state index contributed by atoms with van der Waals surface area (Å²) in [5.74, 6) is -0.638. The highest BCUT2D eigenvalue weighted by Gasteiger charge is 2.34. The Hall–Kier alpha value is -4.17. The molecule has 2 aromatic heterocycles. The number of aromatic amines is 2. The number of benzene rings is 1. The molecule has 2 amide bonds. The molecule has 1 fully saturated rings. The van der Waals surface area contributed by atoms with E-state index in [2.05, 4.69) is 37.2 Å². The third kappa shape index (κ3) is 7.07. The Balaban J connectivity index is 1.51. The van der Waals surface area contributed by atoms with E-state index in [-0.39, 0.29) is 35.9 Å². The second-order valence-electron chi connectivity index (χ2n) is 10.8. The summed E-state index contributed by atoms with van der Waals surface area (Å²) < 4.78 is 5.41. The second kappa shape index (κ2) is 13.3. The first-order valence-corrected chi connectivity index (χ1v) is 13.7. The minimum absolute atomic E-state index is 0.00938. The predicted molar refractivity (Wildman–Crippen MR) is 149 cm³/mol. The summed E-state index contributed by atoms with van der Waals surface area (Å²) in [5.41, 5.74) is 2.06. The Morgan fingerprint density at radius 3 is 2.77 bits per heavy atom. The number of carbonyl (C=O) groups is 3. The number of rotatable bonds is 14. The molecule has 3 aromatic rings. The van der Waals surface area contributed by atoms with Gasteiger partial charge in [-0.2, -0.15) is 10.4 Å². The number of fused-ring (bicyclic) bond motifs is 1. The van der Waals surface area contributed by atoms with Gasteiger partial charge >= 0.3 is 0 Å². The zero-order chi connectivity index (χ0) is 28.6. The second-order valence-corrected chi connectivity index (χ2v) is 10.8. The molecule has 4 rings (SSSR count). The number of H-pyrrole nitrogens is 2. The lowest BCUT2D eigenvalue weighted by Crippen LogP contribution is -2.52. The third-order valence-electron chi connectivity index (χ3n) is 7.35. The van der Waals surface area contributed by atoms with Crippen molar-refractivity contribution in [3.05, 3.63) is 47.9 Å². The number of nitrogens with one attached hydrogen (secondary N) is 5. The standard InChI is InChI=1S/C29H37N7O4/c1-17(2)9-20(11-26(37)24-12-21-22(35-24)5-4-6-27(21)40-3)29(39)36-23(10-19-7-8-31-28(19)38)25(13-30)32-14-18-15-33-34-16-18/h4-6,12,15-17,19-20,23,25,32,35H,7-11,14H2,1-3H3,(H,31,38)(H,33,34)(H,36,39)/t19-,20+,23-,25?/m0/s1. The maximum atomic E-state index is 13.7. The SMILES string of the molecule is COc1cccc2[nH]c(C(=O)C[C@@H](CC(C)C)C(=O)N[C@@H](C[C@@H]3CCNC3=O)C(C#N)NCc3cn[nH]c3)cc12. The van der Waals surface area contributed by atoms with Gasteiger partial charge in [0.1, 0.15) is 11.8 Å². The highest BCUT2D eigenvalue weighted by Crippen LogP contribution is 2.28. The Kier molecular flexibility index (Phi) is 9.56. The molecule has 11 heteroatoms. The summed E-state index contributed by atoms with van der Waals surface area (Å²) in [6.45, 7) is 4.95. The fourth-order valence-corrected chi connectivity index (χ4v) is 5.28. The molecule has 3 heterocycles. The lowest BCUT2D eigenvalue weighted by Gasteiger charge is -2.28. The molecule has 0 radical (unpaired) electrons. The summed E-state index contributed by atoms with van der Waals surface area (Å²) in [6, 6.07) is 8.19. The smallest absolute Gasteiger partial charge is 0.223 e. The van der Waals surface area contributed by atoms with E-state index in [1.165, 1.54) is 0 Å². The number of carbonyl (C=O) groups excluding carboxylic acids is 3. The maximum absolute atomic E-state index is 13.7. The molecule has 212 valence electrons. The van der Waals surface area contributed by atoms with Crippen LogP contribution in [0.5, 0.6) is 5.75 Å². The molecular formula is C29H37N7O4. The van der Waals surface area contributed by atoms with E-state index in [0.29, 0.717) is 43.8 Å². The van der Waals surface area contributed by atoms with Crippen LogP contribution in [0, 0.1) is 29.1 Å². The molecule has 0 aliphatic carbocycles. The fourth-order valence-electron chi connectivity index (χ4n) is 5.28. The van der Waals surface area contributed by atoms with Crippen molar-refractivity contribution in [1.29, 1.82) is 5.26 Å². The molecule has 5 N–H and O–H groups in total. The first-order valence-electron chi connectivity index (χ1n) is 13.7. The molecule has 1 aromatic carbocycles. The molecule has 0 saturated carbocycles. The number of methoxy groups -OCH3 is 1. The van der Waals surface area contributed by atoms with Gasteiger partial charge in [-0.25, -0.2) is 0 Å². The lowest BCUT2D eigenvalue weighted by atomic mass is 9.89. The Morgan fingerprint density at radius 2 is 2.12 bits per heavy atom. The maximum Gasteiger partial charge on any atom is 0.223 e. The molecule has 11 nitrogen and oxygen atoms in total. The molecule has 4 atom stereocenters. The van der Waals surface area contributed by atoms with E-state index in [0.717, 1.165) is 16.5 Å². The first kappa shape index (κ1) is 28.8. The van der Waals surface area contributed by atoms with Crippen LogP contribution in [0.3, 0.4) is 0 Å². The van der Waals surface area contributed by atoms with Crippen LogP contribution in [-0.2, 0) is 16.1 Å². The van der Waals surface area contributed by atoms with Crippen LogP contribution in [0.1, 0.15) is 55.6 Å². The van der Waals surface area contributed by atoms with Gasteiger partial charge in [0.2, 0.25) is 11.8 Å². The number of nitriles is 1. The van der Waals surface area contributed by atoms with Crippen LogP contribution in [0.25, 0.3) is 10.9 Å². The van der Waals surface area contributed by atoms with Crippen LogP contribution in [-0.4, -0.2) is 58.5 Å². The number of hydrogen-bond donors (Lipinski definition) is 5. The summed E-state index contributed by atoms with van der Waals surface area (Å²) in [6.07, 6.45) is 4.85. The quantitative estimate of drug-likeness (QED) is 0.194. The number of amides is 2. The third-order valence-corrected chi connectivity index (χ3v) is 7.35. The summed E-state index contributed by atoms with van der Waals surface area (Å²) in [7, 11) is 1.58. The van der Waals surface area contributed by atoms with E-state index < -0.39 is 18.0 Å². The van der Waals surface area contributed by atoms with Gasteiger partial charge in [0.15, 0.2) is 5.78 Å². The zero-order valence-electron chi connectivity index (χ0n) is 23.1. The van der Waals surface area contributed by atoms with Crippen molar-refractivity contribution < 1.29 is 19.1 Å². The first-order chi connectivity index (χ1) is 19.3. The van der Waals surface area contributed by atoms with Gasteiger partial charge in [0.05, 0.1) is 31.1 Å². The number of ketones is 1. The number of nitrogens with zero attached hydrogens (tertiary/aromatic N) is 2. The van der Waals surface area contributed by atoms with Crippen molar-refractivity contribution >= 4 is 28.5 Å². The van der Waals surface area contributed by atoms with Crippen molar-refractivity contribution in [2.75, 3.05) is 13.7 Å². The Morgan fingerprint density at radius 1 is 1.30 bits per heavy atom. The molecule has 1 aliphatic rings. The van der Waals surface area contributed by atoms with Gasteiger partial charge in [0, 0.05) is 54.0 Å². The molecule has 1 saturated heterocycles. The molecular weight excluding hydrogens is 510 g/mol. The molecule has 1 aliphatic heterocycles. The number of hydrogen-bond acceptors (Lipinski definition) is 7. The lowest BCUT2D eigenvalue weighted by molar-refractivity contribution is -0.127. The minimum Gasteiger partial charge on any atom is -0.496 e. The summed E-state index contributed by atoms with van der Waals surface area (Å²) in [5, 5.41) is 26.5. The monoisotopic (exact) mass is 547 g/mol. The minimum atomic E-state index is -0.746. The van der Waals surface area contributed by atoms with Crippen molar-refractivity contribution in [2.45, 2.75) is 58.2 Å². The van der Waals surface area contributed by atoms with Gasteiger partial charge in [-0.05, 0) is 43.4 Å². The van der Waals surface area contributed by atoms with Crippen LogP contribution in [0.2, 0.25) is 0 Å². The van der Waals surface area contributed by atoms with Crippen LogP contribution < -0.4 is 20.7 Å². The number of Topliss-reactive ketones (excluding diaryl/α,β-unsaturated/α-hetero) is 1. The highest BCUT2D eigenvalue weighted by molar-refractivity contribution is 6.02. The van der Waals surface area contributed by atoms with Crippen LogP contribution in [0.4, 0.5) is 0 Å². The predicted octanol–water partition coefficient (Wildman–Crippen LogP) is 2.83. The average molecular weight is 548 g/mol. The molecule has 0 spiro atoms. The highest BCUT2D eigenvalue weighted by atomic mass is 16.5. The summed E-state index contributed by atoms with van der Waals surface area (Å²) in [4.78, 5) is 42.6. The van der Waals surface area contributed by atoms with E-state index in [1.807, 2.05) is 32.0 Å². The van der Waals surface area contributed by atoms with Gasteiger partial charge in [-0.3, -0.25) is 24.8 Å². The molecule has 1 unspecified atom stereocenters. The summed E-state index contributed by atoms with van der Waals surface area (Å²) >= 11 is 0. The van der Waals surface area contributed by atoms with E-state index >= 15 is 0 Å². The van der Waals surface area contributed by atoms with Gasteiger partial charge in [-0.1, -0.05) is 19.9 Å². The largest absolute Gasteiger partial charge is 0.496 e. The topological polar surface area (TPSA) is 165 Å². The van der Waals surface area contributed by atoms with E-state index in [4.69, 9.17) is 4.74 Å². The van der Waals surface area contributed by atoms with Crippen molar-refractivity contribution in [2.24, 2.45) is 17.8 Å². The van der Waals surface area contributed by atoms with Gasteiger partial charge in [-0.15, -0.1) is 0 Å². The molecule has 40 heavy (non-hydrogen) atoms. The fraction of sp³-hybridized carbons (Fsp3) is 0.483. The average Bonchev–Trinajstić information content (AvgIpc) is 3.69. The number of ether oxygens (including phenoxy) is 1. The van der Waals surface area contributed by atoms with Crippen molar-refractivity contribution in [3.8, 4) is 11.8 Å². The normalized spacial score (nSPS) is 17.3. The zero-order valence-corrected chi connectivity index (χ0v) is 23.1.